The van der Waals surface area contributed by atoms with Crippen LogP contribution in [-0.4, -0.2) is 11.0 Å². The molecule has 64 valence electrons. The average Bonchev–Trinajstić information content (AvgIpc) is 1.97. The van der Waals surface area contributed by atoms with E-state index < -0.39 is 0 Å². The van der Waals surface area contributed by atoms with Gasteiger partial charge in [-0.2, -0.15) is 0 Å². The van der Waals surface area contributed by atoms with E-state index >= 15 is 0 Å². The van der Waals surface area contributed by atoms with Crippen LogP contribution in [0.2, 0.25) is 0 Å². The van der Waals surface area contributed by atoms with Crippen LogP contribution in [0.3, 0.4) is 0 Å². The van der Waals surface area contributed by atoms with Gasteiger partial charge in [0.25, 0.3) is 0 Å². The number of allylic oxidation sites excluding steroid dienone is 1. The van der Waals surface area contributed by atoms with E-state index in [1.165, 1.54) is 0 Å². The van der Waals surface area contributed by atoms with Crippen LogP contribution in [0.15, 0.2) is 12.3 Å². The molecule has 0 spiro atoms. The monoisotopic (exact) mass is 157 g/mol. The van der Waals surface area contributed by atoms with Gasteiger partial charge in [-0.15, -0.1) is 0 Å². The van der Waals surface area contributed by atoms with Crippen molar-refractivity contribution in [2.24, 2.45) is 0 Å². The summed E-state index contributed by atoms with van der Waals surface area (Å²) >= 11 is 0. The van der Waals surface area contributed by atoms with Crippen molar-refractivity contribution in [3.8, 4) is 0 Å². The molecular weight excluding hydrogens is 142 g/mol. The lowest BCUT2D eigenvalue weighted by Crippen LogP contribution is -2.04. The minimum Gasteiger partial charge on any atom is -0.300 e. The zero-order chi connectivity index (χ0) is 8.69. The fourth-order valence-corrected chi connectivity index (χ4v) is 0.768. The Morgan fingerprint density at radius 2 is 2.00 bits per heavy atom. The lowest BCUT2D eigenvalue weighted by molar-refractivity contribution is -0.117. The van der Waals surface area contributed by atoms with Gasteiger partial charge < -0.3 is 4.79 Å². The van der Waals surface area contributed by atoms with E-state index in [0.717, 1.165) is 19.3 Å². The number of carbonyl (C=O) groups is 1. The predicted molar refractivity (Wildman–Crippen MR) is 43.2 cm³/mol. The van der Waals surface area contributed by atoms with E-state index in [9.17, 15) is 4.79 Å². The molecule has 0 bridgehead atoms. The number of hydrogen-bond acceptors (Lipinski definition) is 3. The third kappa shape index (κ3) is 7.06. The molecule has 0 atom stereocenters. The minimum absolute atomic E-state index is 0.215. The molecular formula is C8H15NO2. The maximum Gasteiger partial charge on any atom is 0.129 e. The quantitative estimate of drug-likeness (QED) is 0.455. The molecule has 0 aromatic heterocycles. The fourth-order valence-electron chi connectivity index (χ4n) is 0.768. The van der Waals surface area contributed by atoms with Gasteiger partial charge in [0.2, 0.25) is 0 Å². The summed E-state index contributed by atoms with van der Waals surface area (Å²) in [5, 5.41) is 8.33. The highest BCUT2D eigenvalue weighted by molar-refractivity contribution is 5.75. The van der Waals surface area contributed by atoms with E-state index in [2.05, 4.69) is 6.58 Å². The molecule has 0 aromatic carbocycles. The summed E-state index contributed by atoms with van der Waals surface area (Å²) in [6.07, 6.45) is 3.12. The molecule has 11 heavy (non-hydrogen) atoms. The number of unbranched alkanes of at least 4 members (excludes halogenated alkanes) is 1. The van der Waals surface area contributed by atoms with Crippen molar-refractivity contribution in [2.45, 2.75) is 32.6 Å². The summed E-state index contributed by atoms with van der Waals surface area (Å²) in [6.45, 7) is 5.13. The summed E-state index contributed by atoms with van der Waals surface area (Å²) in [5.41, 5.74) is 2.58. The first-order valence-electron chi connectivity index (χ1n) is 3.74. The molecule has 0 unspecified atom stereocenters. The Hall–Kier alpha value is -0.830. The van der Waals surface area contributed by atoms with Crippen molar-refractivity contribution in [1.29, 1.82) is 0 Å². The molecule has 3 nitrogen and oxygen atoms in total. The number of nitrogens with one attached hydrogen (secondary N) is 1. The van der Waals surface area contributed by atoms with Crippen molar-refractivity contribution >= 4 is 5.78 Å². The highest BCUT2D eigenvalue weighted by Gasteiger charge is 1.94. The largest absolute Gasteiger partial charge is 0.300 e. The summed E-state index contributed by atoms with van der Waals surface area (Å²) in [5.74, 6) is 0.215. The number of rotatable bonds is 6. The standard InChI is InChI=1S/C8H15NO2/c1-7(9-11)5-3-4-6-8(2)10/h9,11H,1,3-6H2,2H3. The van der Waals surface area contributed by atoms with Crippen LogP contribution in [-0.2, 0) is 4.79 Å². The minimum atomic E-state index is 0.215. The van der Waals surface area contributed by atoms with E-state index in [-0.39, 0.29) is 5.78 Å². The van der Waals surface area contributed by atoms with Gasteiger partial charge in [0, 0.05) is 12.1 Å². The normalized spacial score (nSPS) is 9.27. The van der Waals surface area contributed by atoms with E-state index in [1.807, 2.05) is 5.48 Å². The van der Waals surface area contributed by atoms with Gasteiger partial charge in [0.1, 0.15) is 5.78 Å². The van der Waals surface area contributed by atoms with E-state index in [1.54, 1.807) is 6.92 Å². The summed E-state index contributed by atoms with van der Waals surface area (Å²) in [7, 11) is 0. The Morgan fingerprint density at radius 3 is 2.45 bits per heavy atom. The van der Waals surface area contributed by atoms with Crippen LogP contribution in [0.4, 0.5) is 0 Å². The molecule has 3 heteroatoms. The Kier molecular flexibility index (Phi) is 5.47. The maximum absolute atomic E-state index is 10.5. The van der Waals surface area contributed by atoms with Crippen molar-refractivity contribution in [3.05, 3.63) is 12.3 Å². The van der Waals surface area contributed by atoms with Crippen LogP contribution < -0.4 is 5.48 Å². The maximum atomic E-state index is 10.5. The summed E-state index contributed by atoms with van der Waals surface area (Å²) < 4.78 is 0. The third-order valence-electron chi connectivity index (χ3n) is 1.42. The topological polar surface area (TPSA) is 49.3 Å². The Bertz CT molecular complexity index is 143. The Labute approximate surface area is 67.1 Å². The molecule has 0 radical (unpaired) electrons. The number of carbonyl (C=O) groups excluding carboxylic acids is 1. The number of Topliss-reactive ketones (excluding diaryl/α,β-unsaturated/α-hetero) is 1. The van der Waals surface area contributed by atoms with Gasteiger partial charge in [-0.25, -0.2) is 0 Å². The lowest BCUT2D eigenvalue weighted by Gasteiger charge is -2.01. The molecule has 0 rings (SSSR count). The van der Waals surface area contributed by atoms with Crippen LogP contribution in [0.5, 0.6) is 0 Å². The first-order valence-corrected chi connectivity index (χ1v) is 3.74. The first-order chi connectivity index (χ1) is 5.16. The number of hydrogen-bond donors (Lipinski definition) is 2. The number of ketones is 1. The van der Waals surface area contributed by atoms with Gasteiger partial charge >= 0.3 is 0 Å². The second-order valence-corrected chi connectivity index (χ2v) is 2.62. The molecule has 0 aromatic rings. The third-order valence-corrected chi connectivity index (χ3v) is 1.42. The molecule has 0 aliphatic heterocycles. The molecule has 0 heterocycles. The Morgan fingerprint density at radius 1 is 1.45 bits per heavy atom. The SMILES string of the molecule is C=C(CCCCC(C)=O)NO. The van der Waals surface area contributed by atoms with Gasteiger partial charge in [0.05, 0.1) is 0 Å². The zero-order valence-corrected chi connectivity index (χ0v) is 6.89. The van der Waals surface area contributed by atoms with Crippen LogP contribution >= 0.6 is 0 Å². The molecule has 0 saturated heterocycles. The molecule has 0 saturated carbocycles. The highest BCUT2D eigenvalue weighted by Crippen LogP contribution is 2.04. The highest BCUT2D eigenvalue weighted by atomic mass is 16.5. The average molecular weight is 157 g/mol. The summed E-state index contributed by atoms with van der Waals surface area (Å²) in [4.78, 5) is 10.5. The van der Waals surface area contributed by atoms with Crippen molar-refractivity contribution in [3.63, 3.8) is 0 Å². The number of hydroxylamine groups is 1. The van der Waals surface area contributed by atoms with Gasteiger partial charge in [0.15, 0.2) is 0 Å². The van der Waals surface area contributed by atoms with Crippen LogP contribution in [0.1, 0.15) is 32.6 Å². The lowest BCUT2D eigenvalue weighted by atomic mass is 10.1. The smallest absolute Gasteiger partial charge is 0.129 e. The zero-order valence-electron chi connectivity index (χ0n) is 6.89. The van der Waals surface area contributed by atoms with Gasteiger partial charge in [-0.1, -0.05) is 6.58 Å². The summed E-state index contributed by atoms with van der Waals surface area (Å²) in [6, 6.07) is 0. The van der Waals surface area contributed by atoms with E-state index in [0.29, 0.717) is 12.1 Å². The van der Waals surface area contributed by atoms with Crippen LogP contribution in [0.25, 0.3) is 0 Å². The molecule has 0 fully saturated rings. The second-order valence-electron chi connectivity index (χ2n) is 2.62. The molecule has 0 amide bonds. The molecule has 2 N–H and O–H groups in total. The van der Waals surface area contributed by atoms with Crippen molar-refractivity contribution in [1.82, 2.24) is 5.48 Å². The molecule has 0 aliphatic rings. The fraction of sp³-hybridized carbons (Fsp3) is 0.625. The Balaban J connectivity index is 3.14. The second kappa shape index (κ2) is 5.92. The van der Waals surface area contributed by atoms with Crippen molar-refractivity contribution < 1.29 is 10.0 Å². The molecule has 0 aliphatic carbocycles. The first kappa shape index (κ1) is 10.2. The van der Waals surface area contributed by atoms with Crippen LogP contribution in [0, 0.1) is 0 Å². The van der Waals surface area contributed by atoms with Gasteiger partial charge in [-0.05, 0) is 26.2 Å². The van der Waals surface area contributed by atoms with E-state index in [4.69, 9.17) is 5.21 Å². The van der Waals surface area contributed by atoms with Gasteiger partial charge in [-0.3, -0.25) is 10.7 Å². The van der Waals surface area contributed by atoms with Crippen molar-refractivity contribution in [2.75, 3.05) is 0 Å². The predicted octanol–water partition coefficient (Wildman–Crippen LogP) is 1.63.